The maximum absolute atomic E-state index is 12.3. The predicted octanol–water partition coefficient (Wildman–Crippen LogP) is -2.75. The minimum absolute atomic E-state index is 0.251. The lowest BCUT2D eigenvalue weighted by Crippen LogP contribution is -2.58. The molecule has 0 unspecified atom stereocenters. The third-order valence-corrected chi connectivity index (χ3v) is 3.40. The third-order valence-electron chi connectivity index (χ3n) is 3.40. The van der Waals surface area contributed by atoms with Gasteiger partial charge in [0.05, 0.1) is 12.7 Å². The Morgan fingerprint density at radius 2 is 2.05 bits per heavy atom. The molecule has 4 atom stereocenters. The lowest BCUT2D eigenvalue weighted by atomic mass is 10.1. The molecular formula is C12H21N3O6. The number of carboxylic acid groups (broad SMARTS) is 1. The fourth-order valence-electron chi connectivity index (χ4n) is 2.20. The summed E-state index contributed by atoms with van der Waals surface area (Å²) in [5, 5.41) is 29.8. The Morgan fingerprint density at radius 1 is 1.43 bits per heavy atom. The van der Waals surface area contributed by atoms with Gasteiger partial charge in [-0.1, -0.05) is 0 Å². The SMILES string of the molecule is C[C@@H](O)[C@H](NC(=O)[C@@H](N)CO)C(=O)N1CCC[C@@H]1C(=O)O. The van der Waals surface area contributed by atoms with Gasteiger partial charge in [0.25, 0.3) is 0 Å². The van der Waals surface area contributed by atoms with Crippen molar-refractivity contribution >= 4 is 17.8 Å². The van der Waals surface area contributed by atoms with Crippen molar-refractivity contribution < 1.29 is 29.7 Å². The number of carbonyl (C=O) groups is 3. The van der Waals surface area contributed by atoms with E-state index in [9.17, 15) is 19.5 Å². The zero-order chi connectivity index (χ0) is 16.2. The monoisotopic (exact) mass is 303 g/mol. The minimum Gasteiger partial charge on any atom is -0.480 e. The van der Waals surface area contributed by atoms with E-state index in [2.05, 4.69) is 5.32 Å². The molecule has 0 aliphatic carbocycles. The van der Waals surface area contributed by atoms with Gasteiger partial charge in [-0.3, -0.25) is 9.59 Å². The number of hydrogen-bond donors (Lipinski definition) is 5. The van der Waals surface area contributed by atoms with Gasteiger partial charge in [0, 0.05) is 6.54 Å². The Balaban J connectivity index is 2.83. The van der Waals surface area contributed by atoms with Gasteiger partial charge in [-0.15, -0.1) is 0 Å². The van der Waals surface area contributed by atoms with Crippen LogP contribution in [0.5, 0.6) is 0 Å². The lowest BCUT2D eigenvalue weighted by molar-refractivity contribution is -0.150. The van der Waals surface area contributed by atoms with E-state index in [1.807, 2.05) is 0 Å². The van der Waals surface area contributed by atoms with E-state index >= 15 is 0 Å². The lowest BCUT2D eigenvalue weighted by Gasteiger charge is -2.29. The van der Waals surface area contributed by atoms with Gasteiger partial charge in [-0.05, 0) is 19.8 Å². The summed E-state index contributed by atoms with van der Waals surface area (Å²) < 4.78 is 0. The Hall–Kier alpha value is -1.71. The summed E-state index contributed by atoms with van der Waals surface area (Å²) in [6, 6.07) is -3.47. The van der Waals surface area contributed by atoms with Crippen molar-refractivity contribution in [1.82, 2.24) is 10.2 Å². The zero-order valence-corrected chi connectivity index (χ0v) is 11.7. The topological polar surface area (TPSA) is 153 Å². The quantitative estimate of drug-likeness (QED) is 0.356. The molecule has 9 heteroatoms. The molecule has 1 saturated heterocycles. The average molecular weight is 303 g/mol. The minimum atomic E-state index is -1.30. The molecule has 0 aromatic carbocycles. The first-order valence-corrected chi connectivity index (χ1v) is 6.67. The number of likely N-dealkylation sites (tertiary alicyclic amines) is 1. The van der Waals surface area contributed by atoms with Crippen LogP contribution in [-0.4, -0.2) is 75.4 Å². The molecule has 6 N–H and O–H groups in total. The molecule has 21 heavy (non-hydrogen) atoms. The van der Waals surface area contributed by atoms with Crippen molar-refractivity contribution in [1.29, 1.82) is 0 Å². The first kappa shape index (κ1) is 17.3. The standard InChI is InChI=1S/C12H21N3O6/c1-6(17)9(14-10(18)7(13)5-16)11(19)15-4-2-3-8(15)12(20)21/h6-9,16-17H,2-5,13H2,1H3,(H,14,18)(H,20,21)/t6-,7+,8-,9+/m1/s1. The molecule has 120 valence electrons. The molecule has 1 aliphatic heterocycles. The summed E-state index contributed by atoms with van der Waals surface area (Å²) in [4.78, 5) is 36.2. The summed E-state index contributed by atoms with van der Waals surface area (Å²) in [7, 11) is 0. The van der Waals surface area contributed by atoms with Crippen LogP contribution in [0.25, 0.3) is 0 Å². The van der Waals surface area contributed by atoms with Crippen molar-refractivity contribution in [3.8, 4) is 0 Å². The molecule has 9 nitrogen and oxygen atoms in total. The van der Waals surface area contributed by atoms with Crippen molar-refractivity contribution in [2.75, 3.05) is 13.2 Å². The van der Waals surface area contributed by atoms with Gasteiger partial charge in [-0.25, -0.2) is 4.79 Å². The number of nitrogens with one attached hydrogen (secondary N) is 1. The molecule has 0 saturated carbocycles. The van der Waals surface area contributed by atoms with E-state index in [0.29, 0.717) is 12.8 Å². The number of hydrogen-bond acceptors (Lipinski definition) is 6. The first-order valence-electron chi connectivity index (χ1n) is 6.67. The highest BCUT2D eigenvalue weighted by Gasteiger charge is 2.39. The smallest absolute Gasteiger partial charge is 0.326 e. The molecule has 1 rings (SSSR count). The molecule has 0 bridgehead atoms. The van der Waals surface area contributed by atoms with E-state index < -0.39 is 48.6 Å². The van der Waals surface area contributed by atoms with Crippen molar-refractivity contribution in [3.05, 3.63) is 0 Å². The van der Waals surface area contributed by atoms with Crippen LogP contribution >= 0.6 is 0 Å². The molecule has 2 amide bonds. The summed E-state index contributed by atoms with van der Waals surface area (Å²) in [6.45, 7) is 0.953. The van der Waals surface area contributed by atoms with Crippen LogP contribution in [0.3, 0.4) is 0 Å². The van der Waals surface area contributed by atoms with Gasteiger partial charge in [0.2, 0.25) is 11.8 Å². The van der Waals surface area contributed by atoms with Crippen molar-refractivity contribution in [2.24, 2.45) is 5.73 Å². The number of aliphatic hydroxyl groups excluding tert-OH is 2. The fraction of sp³-hybridized carbons (Fsp3) is 0.750. The highest BCUT2D eigenvalue weighted by Crippen LogP contribution is 2.19. The average Bonchev–Trinajstić information content (AvgIpc) is 2.91. The van der Waals surface area contributed by atoms with Crippen LogP contribution in [0.2, 0.25) is 0 Å². The second-order valence-corrected chi connectivity index (χ2v) is 5.04. The first-order chi connectivity index (χ1) is 9.79. The largest absolute Gasteiger partial charge is 0.480 e. The van der Waals surface area contributed by atoms with Crippen LogP contribution < -0.4 is 11.1 Å². The summed E-state index contributed by atoms with van der Waals surface area (Å²) in [5.41, 5.74) is 5.33. The number of rotatable bonds is 6. The number of amides is 2. The molecule has 0 spiro atoms. The van der Waals surface area contributed by atoms with Crippen LogP contribution in [-0.2, 0) is 14.4 Å². The maximum Gasteiger partial charge on any atom is 0.326 e. The van der Waals surface area contributed by atoms with E-state index in [0.717, 1.165) is 4.90 Å². The highest BCUT2D eigenvalue weighted by molar-refractivity contribution is 5.92. The van der Waals surface area contributed by atoms with Gasteiger partial charge in [0.1, 0.15) is 18.1 Å². The Morgan fingerprint density at radius 3 is 2.52 bits per heavy atom. The van der Waals surface area contributed by atoms with Gasteiger partial charge in [-0.2, -0.15) is 0 Å². The maximum atomic E-state index is 12.3. The summed E-state index contributed by atoms with van der Waals surface area (Å²) in [5.74, 6) is -2.58. The Bertz CT molecular complexity index is 414. The molecule has 1 heterocycles. The number of aliphatic hydroxyl groups is 2. The molecule has 0 aromatic rings. The molecule has 0 radical (unpaired) electrons. The fourth-order valence-corrected chi connectivity index (χ4v) is 2.20. The van der Waals surface area contributed by atoms with E-state index in [1.165, 1.54) is 6.92 Å². The molecule has 1 fully saturated rings. The predicted molar refractivity (Wildman–Crippen MR) is 71.0 cm³/mol. The second-order valence-electron chi connectivity index (χ2n) is 5.04. The number of carbonyl (C=O) groups excluding carboxylic acids is 2. The Kier molecular flexibility index (Phi) is 6.06. The van der Waals surface area contributed by atoms with Crippen LogP contribution in [0, 0.1) is 0 Å². The molecular weight excluding hydrogens is 282 g/mol. The van der Waals surface area contributed by atoms with Gasteiger partial charge >= 0.3 is 5.97 Å². The summed E-state index contributed by atoms with van der Waals surface area (Å²) >= 11 is 0. The molecule has 1 aliphatic rings. The van der Waals surface area contributed by atoms with Crippen LogP contribution in [0.4, 0.5) is 0 Å². The van der Waals surface area contributed by atoms with Crippen molar-refractivity contribution in [3.63, 3.8) is 0 Å². The highest BCUT2D eigenvalue weighted by atomic mass is 16.4. The van der Waals surface area contributed by atoms with E-state index in [1.54, 1.807) is 0 Å². The number of nitrogens with two attached hydrogens (primary N) is 1. The summed E-state index contributed by atoms with van der Waals surface area (Å²) in [6.07, 6.45) is -0.348. The number of nitrogens with zero attached hydrogens (tertiary/aromatic N) is 1. The zero-order valence-electron chi connectivity index (χ0n) is 11.7. The molecule has 0 aromatic heterocycles. The normalized spacial score (nSPS) is 22.5. The van der Waals surface area contributed by atoms with Gasteiger partial charge in [0.15, 0.2) is 0 Å². The van der Waals surface area contributed by atoms with E-state index in [4.69, 9.17) is 15.9 Å². The third kappa shape index (κ3) is 4.13. The van der Waals surface area contributed by atoms with Crippen LogP contribution in [0.1, 0.15) is 19.8 Å². The second kappa shape index (κ2) is 7.34. The Labute approximate surface area is 121 Å². The van der Waals surface area contributed by atoms with Crippen molar-refractivity contribution in [2.45, 2.75) is 44.0 Å². The number of aliphatic carboxylic acids is 1. The van der Waals surface area contributed by atoms with Crippen LogP contribution in [0.15, 0.2) is 0 Å². The number of carboxylic acids is 1. The van der Waals surface area contributed by atoms with E-state index in [-0.39, 0.29) is 6.54 Å². The van der Waals surface area contributed by atoms with Gasteiger partial charge < -0.3 is 31.3 Å².